The summed E-state index contributed by atoms with van der Waals surface area (Å²) in [5.41, 5.74) is 3.91. The molecule has 8 heteroatoms. The molecule has 28 heavy (non-hydrogen) atoms. The van der Waals surface area contributed by atoms with E-state index in [4.69, 9.17) is 0 Å². The summed E-state index contributed by atoms with van der Waals surface area (Å²) in [6, 6.07) is 15.1. The van der Waals surface area contributed by atoms with Crippen LogP contribution >= 0.6 is 11.3 Å². The van der Waals surface area contributed by atoms with Crippen molar-refractivity contribution in [1.82, 2.24) is 15.0 Å². The Bertz CT molecular complexity index is 1020. The number of hydrogen-bond donors (Lipinski definition) is 2. The Balaban J connectivity index is 1.80. The lowest BCUT2D eigenvalue weighted by Crippen LogP contribution is -2.47. The van der Waals surface area contributed by atoms with Crippen LogP contribution in [0.3, 0.4) is 0 Å². The molecule has 146 valence electrons. The lowest BCUT2D eigenvalue weighted by atomic mass is 10.1. The molecule has 2 N–H and O–H groups in total. The van der Waals surface area contributed by atoms with Gasteiger partial charge in [0.2, 0.25) is 15.9 Å². The summed E-state index contributed by atoms with van der Waals surface area (Å²) >= 11 is 1.44. The van der Waals surface area contributed by atoms with Crippen LogP contribution in [-0.2, 0) is 27.8 Å². The zero-order valence-electron chi connectivity index (χ0n) is 15.3. The Kier molecular flexibility index (Phi) is 6.56. The molecule has 0 unspecified atom stereocenters. The molecule has 1 heterocycles. The number of sulfonamides is 1. The van der Waals surface area contributed by atoms with Gasteiger partial charge in [0, 0.05) is 5.38 Å². The summed E-state index contributed by atoms with van der Waals surface area (Å²) in [6.45, 7) is 1.97. The number of nitrogens with one attached hydrogen (secondary N) is 2. The van der Waals surface area contributed by atoms with Crippen LogP contribution in [0.2, 0.25) is 0 Å². The van der Waals surface area contributed by atoms with Crippen molar-refractivity contribution in [3.63, 3.8) is 0 Å². The average molecular weight is 416 g/mol. The summed E-state index contributed by atoms with van der Waals surface area (Å²) < 4.78 is 28.3. The normalized spacial score (nSPS) is 12.5. The minimum atomic E-state index is -3.85. The first-order valence-corrected chi connectivity index (χ1v) is 11.1. The predicted octanol–water partition coefficient (Wildman–Crippen LogP) is 2.66. The predicted molar refractivity (Wildman–Crippen MR) is 109 cm³/mol. The summed E-state index contributed by atoms with van der Waals surface area (Å²) in [6.07, 6.45) is 0.245. The standard InChI is InChI=1S/C20H21N3O3S2/c1-15-7-5-6-10-19(15)28(25,26)23-18(11-16-8-3-2-4-9-16)20(24)21-12-17-13-27-14-22-17/h2-10,13-14,18,23H,11-12H2,1H3,(H,21,24)/t18-/m0/s1. The molecule has 1 aromatic heterocycles. The van der Waals surface area contributed by atoms with Crippen LogP contribution in [0.25, 0.3) is 0 Å². The molecule has 1 atom stereocenters. The molecule has 0 radical (unpaired) electrons. The Morgan fingerprint density at radius 1 is 1.11 bits per heavy atom. The maximum absolute atomic E-state index is 12.9. The highest BCUT2D eigenvalue weighted by Gasteiger charge is 2.27. The molecule has 0 saturated heterocycles. The fourth-order valence-corrected chi connectivity index (χ4v) is 4.77. The van der Waals surface area contributed by atoms with Gasteiger partial charge >= 0.3 is 0 Å². The SMILES string of the molecule is Cc1ccccc1S(=O)(=O)N[C@@H](Cc1ccccc1)C(=O)NCc1cscn1. The van der Waals surface area contributed by atoms with Crippen molar-refractivity contribution < 1.29 is 13.2 Å². The number of thiazole rings is 1. The second kappa shape index (κ2) is 9.09. The maximum atomic E-state index is 12.9. The van der Waals surface area contributed by atoms with E-state index in [-0.39, 0.29) is 17.9 Å². The van der Waals surface area contributed by atoms with Crippen LogP contribution in [0.15, 0.2) is 70.4 Å². The third-order valence-corrected chi connectivity index (χ3v) is 6.47. The Morgan fingerprint density at radius 3 is 2.50 bits per heavy atom. The van der Waals surface area contributed by atoms with E-state index >= 15 is 0 Å². The van der Waals surface area contributed by atoms with Crippen LogP contribution < -0.4 is 10.0 Å². The van der Waals surface area contributed by atoms with Gasteiger partial charge < -0.3 is 5.32 Å². The minimum Gasteiger partial charge on any atom is -0.349 e. The number of aromatic nitrogens is 1. The molecule has 3 aromatic rings. The van der Waals surface area contributed by atoms with Gasteiger partial charge in [0.1, 0.15) is 6.04 Å². The number of nitrogens with zero attached hydrogens (tertiary/aromatic N) is 1. The average Bonchev–Trinajstić information content (AvgIpc) is 3.20. The molecule has 2 aromatic carbocycles. The van der Waals surface area contributed by atoms with E-state index in [1.54, 1.807) is 30.6 Å². The zero-order valence-corrected chi connectivity index (χ0v) is 17.0. The summed E-state index contributed by atoms with van der Waals surface area (Å²) in [5, 5.41) is 4.61. The van der Waals surface area contributed by atoms with Crippen LogP contribution in [-0.4, -0.2) is 25.4 Å². The highest BCUT2D eigenvalue weighted by atomic mass is 32.2. The van der Waals surface area contributed by atoms with E-state index in [9.17, 15) is 13.2 Å². The molecular formula is C20H21N3O3S2. The van der Waals surface area contributed by atoms with Gasteiger partial charge in [0.15, 0.2) is 0 Å². The number of aryl methyl sites for hydroxylation is 1. The van der Waals surface area contributed by atoms with Gasteiger partial charge in [-0.3, -0.25) is 4.79 Å². The van der Waals surface area contributed by atoms with Gasteiger partial charge in [-0.2, -0.15) is 4.72 Å². The van der Waals surface area contributed by atoms with E-state index in [0.717, 1.165) is 11.3 Å². The maximum Gasteiger partial charge on any atom is 0.241 e. The zero-order chi connectivity index (χ0) is 20.0. The Morgan fingerprint density at radius 2 is 1.82 bits per heavy atom. The van der Waals surface area contributed by atoms with Crippen LogP contribution in [0.1, 0.15) is 16.8 Å². The van der Waals surface area contributed by atoms with Gasteiger partial charge in [-0.15, -0.1) is 11.3 Å². The highest BCUT2D eigenvalue weighted by Crippen LogP contribution is 2.15. The molecule has 0 bridgehead atoms. The van der Waals surface area contributed by atoms with Crippen molar-refractivity contribution in [1.29, 1.82) is 0 Å². The molecule has 0 saturated carbocycles. The monoisotopic (exact) mass is 415 g/mol. The third-order valence-electron chi connectivity index (χ3n) is 4.21. The topological polar surface area (TPSA) is 88.2 Å². The van der Waals surface area contributed by atoms with Gasteiger partial charge in [-0.25, -0.2) is 13.4 Å². The molecule has 0 fully saturated rings. The second-order valence-electron chi connectivity index (χ2n) is 6.33. The summed E-state index contributed by atoms with van der Waals surface area (Å²) in [7, 11) is -3.85. The van der Waals surface area contributed by atoms with Crippen LogP contribution in [0, 0.1) is 6.92 Å². The van der Waals surface area contributed by atoms with Crippen molar-refractivity contribution in [2.24, 2.45) is 0 Å². The first-order valence-electron chi connectivity index (χ1n) is 8.72. The number of amides is 1. The quantitative estimate of drug-likeness (QED) is 0.592. The fourth-order valence-electron chi connectivity index (χ4n) is 2.77. The summed E-state index contributed by atoms with van der Waals surface area (Å²) in [4.78, 5) is 17.1. The largest absolute Gasteiger partial charge is 0.349 e. The Labute approximate surface area is 168 Å². The number of carbonyl (C=O) groups is 1. The van der Waals surface area contributed by atoms with Crippen molar-refractivity contribution in [2.75, 3.05) is 0 Å². The molecule has 0 aliphatic carbocycles. The van der Waals surface area contributed by atoms with Gasteiger partial charge in [-0.1, -0.05) is 48.5 Å². The number of hydrogen-bond acceptors (Lipinski definition) is 5. The molecule has 1 amide bonds. The van der Waals surface area contributed by atoms with E-state index in [1.807, 2.05) is 35.7 Å². The highest BCUT2D eigenvalue weighted by molar-refractivity contribution is 7.89. The van der Waals surface area contributed by atoms with Gasteiger partial charge in [-0.05, 0) is 30.5 Å². The number of carbonyl (C=O) groups excluding carboxylic acids is 1. The van der Waals surface area contributed by atoms with E-state index < -0.39 is 22.0 Å². The van der Waals surface area contributed by atoms with Crippen molar-refractivity contribution in [3.8, 4) is 0 Å². The number of rotatable bonds is 8. The first kappa shape index (κ1) is 20.2. The van der Waals surface area contributed by atoms with Crippen LogP contribution in [0.5, 0.6) is 0 Å². The smallest absolute Gasteiger partial charge is 0.241 e. The molecule has 3 rings (SSSR count). The van der Waals surface area contributed by atoms with Crippen molar-refractivity contribution in [3.05, 3.63) is 82.3 Å². The molecule has 0 aliphatic heterocycles. The van der Waals surface area contributed by atoms with E-state index in [2.05, 4.69) is 15.0 Å². The lowest BCUT2D eigenvalue weighted by Gasteiger charge is -2.19. The van der Waals surface area contributed by atoms with E-state index in [1.165, 1.54) is 17.4 Å². The summed E-state index contributed by atoms with van der Waals surface area (Å²) in [5.74, 6) is -0.394. The molecular weight excluding hydrogens is 394 g/mol. The molecule has 6 nitrogen and oxygen atoms in total. The van der Waals surface area contributed by atoms with Crippen molar-refractivity contribution >= 4 is 27.3 Å². The molecule has 0 aliphatic rings. The Hall–Kier alpha value is -2.55. The lowest BCUT2D eigenvalue weighted by molar-refractivity contribution is -0.122. The van der Waals surface area contributed by atoms with Crippen LogP contribution in [0.4, 0.5) is 0 Å². The number of benzene rings is 2. The third kappa shape index (κ3) is 5.25. The fraction of sp³-hybridized carbons (Fsp3) is 0.200. The molecule has 0 spiro atoms. The van der Waals surface area contributed by atoms with Gasteiger partial charge in [0.05, 0.1) is 22.6 Å². The van der Waals surface area contributed by atoms with E-state index in [0.29, 0.717) is 5.56 Å². The van der Waals surface area contributed by atoms with Crippen molar-refractivity contribution in [2.45, 2.75) is 30.8 Å². The second-order valence-corrected chi connectivity index (χ2v) is 8.73. The van der Waals surface area contributed by atoms with Gasteiger partial charge in [0.25, 0.3) is 0 Å². The first-order chi connectivity index (χ1) is 13.5. The minimum absolute atomic E-state index is 0.167.